The van der Waals surface area contributed by atoms with Gasteiger partial charge in [-0.2, -0.15) is 0 Å². The molecule has 9 heteroatoms. The Morgan fingerprint density at radius 1 is 0.395 bits per heavy atom. The van der Waals surface area contributed by atoms with Gasteiger partial charge in [-0.05, 0) is 70.8 Å². The van der Waals surface area contributed by atoms with Crippen molar-refractivity contribution in [2.75, 3.05) is 0 Å². The van der Waals surface area contributed by atoms with E-state index >= 15 is 0 Å². The fourth-order valence-corrected chi connectivity index (χ4v) is 12.3. The minimum atomic E-state index is -0.420. The van der Waals surface area contributed by atoms with Crippen LogP contribution in [0.4, 0.5) is 0 Å². The van der Waals surface area contributed by atoms with Gasteiger partial charge in [0.2, 0.25) is 0 Å². The van der Waals surface area contributed by atoms with Crippen LogP contribution in [0.25, 0.3) is 122 Å². The predicted octanol–water partition coefficient (Wildman–Crippen LogP) is 17.0. The monoisotopic (exact) mass is 1040 g/mol. The number of nitrogens with zero attached hydrogens (tertiary/aromatic N) is 6. The number of hydrogen-bond donors (Lipinski definition) is 2. The number of rotatable bonds is 9. The van der Waals surface area contributed by atoms with Gasteiger partial charge in [0.05, 0.1) is 38.5 Å². The van der Waals surface area contributed by atoms with E-state index in [0.29, 0.717) is 17.5 Å². The van der Waals surface area contributed by atoms with E-state index in [-0.39, 0.29) is 6.17 Å². The number of para-hydroxylation sites is 4. The van der Waals surface area contributed by atoms with Crippen molar-refractivity contribution in [3.63, 3.8) is 0 Å². The molecule has 11 aromatic carbocycles. The lowest BCUT2D eigenvalue weighted by molar-refractivity contribution is 0.409. The number of benzene rings is 11. The van der Waals surface area contributed by atoms with E-state index < -0.39 is 6.17 Å². The van der Waals surface area contributed by atoms with Crippen molar-refractivity contribution >= 4 is 71.4 Å². The summed E-state index contributed by atoms with van der Waals surface area (Å²) in [6, 6.07) is 93.2. The standard InChI is InChI=1S/C72H48N8O/c1-6-24-45(25-7-1)51-34-16-17-35-52(51)71-75-69(48-30-12-4-13-31-48)74-70(78-71)49-42-43-59(56(44-49)72-76-67(46-26-8-2-9-27-46)73-68(77-72)47-28-10-3-11-29-47)80-58-40-22-19-37-54(58)62-65(80)61-53-36-18-21-39-57(53)79(50-32-14-5-15-33-50)64(61)63-55-38-20-23-41-60(55)81-66(62)63/h1-44,69,71,75H,(H,74,78). The molecule has 0 bridgehead atoms. The Bertz CT molecular complexity index is 4880. The Morgan fingerprint density at radius 2 is 0.914 bits per heavy atom. The zero-order valence-corrected chi connectivity index (χ0v) is 43.6. The maximum Gasteiger partial charge on any atom is 0.166 e. The summed E-state index contributed by atoms with van der Waals surface area (Å²) in [7, 11) is 0. The predicted molar refractivity (Wildman–Crippen MR) is 329 cm³/mol. The molecule has 15 aromatic rings. The lowest BCUT2D eigenvalue weighted by Crippen LogP contribution is -2.45. The Morgan fingerprint density at radius 3 is 1.60 bits per heavy atom. The number of fused-ring (bicyclic) bond motifs is 12. The fourth-order valence-electron chi connectivity index (χ4n) is 12.3. The van der Waals surface area contributed by atoms with Crippen molar-refractivity contribution in [2.45, 2.75) is 12.3 Å². The van der Waals surface area contributed by atoms with Crippen molar-refractivity contribution in [3.05, 3.63) is 284 Å². The van der Waals surface area contributed by atoms with E-state index in [1.165, 1.54) is 0 Å². The molecule has 0 fully saturated rings. The van der Waals surface area contributed by atoms with Crippen LogP contribution in [0.5, 0.6) is 0 Å². The third kappa shape index (κ3) is 7.66. The van der Waals surface area contributed by atoms with Crippen molar-refractivity contribution in [1.29, 1.82) is 0 Å². The second kappa shape index (κ2) is 19.0. The van der Waals surface area contributed by atoms with Gasteiger partial charge in [-0.3, -0.25) is 5.32 Å². The SMILES string of the molecule is c1ccc(-c2nc(-c3ccccc3)nc(-c3cc(C4=NC(c5ccccc5-c5ccccc5)NC(c5ccccc5)N4)ccc3-n3c4ccccc4c4c5oc6ccccc6c5c5c(c6ccccc6n5-c5ccccc5)c43)n2)cc1. The average molecular weight is 1040 g/mol. The number of hydrogen-bond acceptors (Lipinski definition) is 7. The number of amidine groups is 1. The number of nitrogens with one attached hydrogen (secondary N) is 2. The molecule has 0 radical (unpaired) electrons. The minimum Gasteiger partial charge on any atom is -0.455 e. The van der Waals surface area contributed by atoms with E-state index in [0.717, 1.165) is 127 Å². The first-order valence-electron chi connectivity index (χ1n) is 27.4. The number of furan rings is 1. The zero-order chi connectivity index (χ0) is 53.4. The lowest BCUT2D eigenvalue weighted by atomic mass is 9.97. The minimum absolute atomic E-state index is 0.291. The van der Waals surface area contributed by atoms with Crippen LogP contribution in [0.2, 0.25) is 0 Å². The number of aromatic nitrogens is 5. The molecule has 0 amide bonds. The van der Waals surface area contributed by atoms with E-state index in [2.05, 4.69) is 250 Å². The van der Waals surface area contributed by atoms with Crippen LogP contribution in [-0.2, 0) is 0 Å². The van der Waals surface area contributed by atoms with Gasteiger partial charge in [-0.15, -0.1) is 0 Å². The smallest absolute Gasteiger partial charge is 0.166 e. The first kappa shape index (κ1) is 46.4. The highest BCUT2D eigenvalue weighted by Gasteiger charge is 2.31. The van der Waals surface area contributed by atoms with E-state index in [9.17, 15) is 0 Å². The molecular formula is C72H48N8O. The lowest BCUT2D eigenvalue weighted by Gasteiger charge is -2.33. The molecule has 1 aliphatic rings. The first-order valence-corrected chi connectivity index (χ1v) is 27.4. The molecular weight excluding hydrogens is 993 g/mol. The number of aliphatic imine (C=N–C) groups is 1. The summed E-state index contributed by atoms with van der Waals surface area (Å²) in [4.78, 5) is 21.8. The molecule has 1 aliphatic heterocycles. The molecule has 5 heterocycles. The summed E-state index contributed by atoms with van der Waals surface area (Å²) < 4.78 is 12.0. The fraction of sp³-hybridized carbons (Fsp3) is 0.0278. The molecule has 2 unspecified atom stereocenters. The van der Waals surface area contributed by atoms with Crippen LogP contribution >= 0.6 is 0 Å². The summed E-state index contributed by atoms with van der Waals surface area (Å²) in [6.45, 7) is 0. The van der Waals surface area contributed by atoms with Crippen molar-refractivity contribution in [2.24, 2.45) is 4.99 Å². The molecule has 9 nitrogen and oxygen atoms in total. The van der Waals surface area contributed by atoms with Gasteiger partial charge in [-0.1, -0.05) is 218 Å². The molecule has 0 saturated heterocycles. The molecule has 4 aromatic heterocycles. The van der Waals surface area contributed by atoms with Crippen molar-refractivity contribution in [3.8, 4) is 56.7 Å². The van der Waals surface area contributed by atoms with Crippen LogP contribution < -0.4 is 10.6 Å². The Kier molecular flexibility index (Phi) is 10.9. The highest BCUT2D eigenvalue weighted by atomic mass is 16.3. The quantitative estimate of drug-likeness (QED) is 0.149. The summed E-state index contributed by atoms with van der Waals surface area (Å²) in [5, 5.41) is 14.2. The van der Waals surface area contributed by atoms with Crippen LogP contribution in [0.15, 0.2) is 276 Å². The largest absolute Gasteiger partial charge is 0.455 e. The molecule has 0 spiro atoms. The average Bonchev–Trinajstić information content (AvgIpc) is 4.30. The maximum atomic E-state index is 7.20. The Balaban J connectivity index is 1.03. The third-order valence-electron chi connectivity index (χ3n) is 15.8. The first-order chi connectivity index (χ1) is 40.2. The molecule has 81 heavy (non-hydrogen) atoms. The second-order valence-corrected chi connectivity index (χ2v) is 20.5. The molecule has 2 N–H and O–H groups in total. The zero-order valence-electron chi connectivity index (χ0n) is 43.6. The Labute approximate surface area is 465 Å². The summed E-state index contributed by atoms with van der Waals surface area (Å²) >= 11 is 0. The topological polar surface area (TPSA) is 98.1 Å². The van der Waals surface area contributed by atoms with Gasteiger partial charge in [0.1, 0.15) is 29.3 Å². The van der Waals surface area contributed by atoms with Crippen LogP contribution in [-0.4, -0.2) is 29.9 Å². The molecule has 0 saturated carbocycles. The summed E-state index contributed by atoms with van der Waals surface area (Å²) in [6.07, 6.45) is -0.711. The second-order valence-electron chi connectivity index (χ2n) is 20.5. The highest BCUT2D eigenvalue weighted by Crippen LogP contribution is 2.50. The van der Waals surface area contributed by atoms with Gasteiger partial charge in [0.25, 0.3) is 0 Å². The molecule has 2 atom stereocenters. The van der Waals surface area contributed by atoms with E-state index in [4.69, 9.17) is 24.4 Å². The highest BCUT2D eigenvalue weighted by molar-refractivity contribution is 6.39. The van der Waals surface area contributed by atoms with E-state index in [1.54, 1.807) is 0 Å². The van der Waals surface area contributed by atoms with Crippen LogP contribution in [0.3, 0.4) is 0 Å². The van der Waals surface area contributed by atoms with Crippen LogP contribution in [0, 0.1) is 0 Å². The van der Waals surface area contributed by atoms with Gasteiger partial charge in [-0.25, -0.2) is 19.9 Å². The Hall–Kier alpha value is -10.7. The summed E-state index contributed by atoms with van der Waals surface area (Å²) in [5.41, 5.74) is 15.6. The molecule has 0 aliphatic carbocycles. The maximum absolute atomic E-state index is 7.20. The molecule has 16 rings (SSSR count). The van der Waals surface area contributed by atoms with Gasteiger partial charge in [0.15, 0.2) is 17.5 Å². The summed E-state index contributed by atoms with van der Waals surface area (Å²) in [5.74, 6) is 2.37. The van der Waals surface area contributed by atoms with Gasteiger partial charge >= 0.3 is 0 Å². The third-order valence-corrected chi connectivity index (χ3v) is 15.8. The van der Waals surface area contributed by atoms with Gasteiger partial charge < -0.3 is 18.9 Å². The van der Waals surface area contributed by atoms with Crippen LogP contribution in [0.1, 0.15) is 29.0 Å². The normalized spacial score (nSPS) is 14.5. The molecule has 382 valence electrons. The van der Waals surface area contributed by atoms with Crippen molar-refractivity contribution < 1.29 is 4.42 Å². The van der Waals surface area contributed by atoms with E-state index in [1.807, 2.05) is 36.4 Å². The van der Waals surface area contributed by atoms with Gasteiger partial charge in [0, 0.05) is 49.5 Å². The van der Waals surface area contributed by atoms with Crippen molar-refractivity contribution in [1.82, 2.24) is 34.7 Å².